The number of aryl methyl sites for hydroxylation is 1. The summed E-state index contributed by atoms with van der Waals surface area (Å²) in [5.74, 6) is -0.503. The maximum atomic E-state index is 12.4. The van der Waals surface area contributed by atoms with Gasteiger partial charge in [-0.1, -0.05) is 29.8 Å². The molecule has 126 valence electrons. The molecule has 0 unspecified atom stereocenters. The first kappa shape index (κ1) is 16.9. The van der Waals surface area contributed by atoms with Crippen molar-refractivity contribution in [1.29, 1.82) is 5.26 Å². The minimum atomic E-state index is -0.503. The van der Waals surface area contributed by atoms with E-state index in [1.54, 1.807) is 24.4 Å². The fourth-order valence-electron chi connectivity index (χ4n) is 2.81. The van der Waals surface area contributed by atoms with Gasteiger partial charge >= 0.3 is 0 Å². The molecular weight excluding hydrogens is 336 g/mol. The van der Waals surface area contributed by atoms with Gasteiger partial charge in [-0.2, -0.15) is 5.26 Å². The molecule has 0 fully saturated rings. The summed E-state index contributed by atoms with van der Waals surface area (Å²) < 4.78 is 0. The average Bonchev–Trinajstić information content (AvgIpc) is 2.62. The summed E-state index contributed by atoms with van der Waals surface area (Å²) in [4.78, 5) is 14.4. The standard InChI is InChI=1S/C19H17ClN4O/c20-16-10-15(22)7-8-17(16)23-19(25)14(11-21)12-24-9-3-5-13-4-1-2-6-18(13)24/h1-2,4,6-8,10,12H,3,5,9,22H2,(H,23,25)/b14-12-. The first-order valence-electron chi connectivity index (χ1n) is 7.91. The Labute approximate surface area is 151 Å². The number of halogens is 1. The van der Waals surface area contributed by atoms with Crippen molar-refractivity contribution in [3.63, 3.8) is 0 Å². The van der Waals surface area contributed by atoms with E-state index >= 15 is 0 Å². The number of nitrogens with two attached hydrogens (primary N) is 1. The number of nitriles is 1. The lowest BCUT2D eigenvalue weighted by molar-refractivity contribution is -0.112. The van der Waals surface area contributed by atoms with Crippen LogP contribution in [0.25, 0.3) is 0 Å². The summed E-state index contributed by atoms with van der Waals surface area (Å²) in [6.45, 7) is 0.762. The predicted octanol–water partition coefficient (Wildman–Crippen LogP) is 3.72. The molecule has 0 aromatic heterocycles. The van der Waals surface area contributed by atoms with Crippen LogP contribution in [0.2, 0.25) is 5.02 Å². The van der Waals surface area contributed by atoms with Crippen molar-refractivity contribution in [3.05, 3.63) is 64.8 Å². The second-order valence-corrected chi connectivity index (χ2v) is 6.18. The lowest BCUT2D eigenvalue weighted by atomic mass is 10.0. The topological polar surface area (TPSA) is 82.2 Å². The van der Waals surface area contributed by atoms with Crippen LogP contribution >= 0.6 is 11.6 Å². The van der Waals surface area contributed by atoms with Crippen LogP contribution in [0.15, 0.2) is 54.2 Å². The molecule has 3 N–H and O–H groups in total. The number of amides is 1. The van der Waals surface area contributed by atoms with Crippen LogP contribution in [0.4, 0.5) is 17.1 Å². The molecule has 1 aliphatic heterocycles. The zero-order chi connectivity index (χ0) is 17.8. The van der Waals surface area contributed by atoms with Crippen LogP contribution in [0.1, 0.15) is 12.0 Å². The highest BCUT2D eigenvalue weighted by Gasteiger charge is 2.18. The summed E-state index contributed by atoms with van der Waals surface area (Å²) >= 11 is 6.07. The molecule has 2 aromatic rings. The largest absolute Gasteiger partial charge is 0.399 e. The highest BCUT2D eigenvalue weighted by molar-refractivity contribution is 6.34. The normalized spacial score (nSPS) is 13.8. The number of carbonyl (C=O) groups excluding carboxylic acids is 1. The number of para-hydroxylation sites is 1. The molecule has 2 aromatic carbocycles. The van der Waals surface area contributed by atoms with Crippen LogP contribution in [0.5, 0.6) is 0 Å². The van der Waals surface area contributed by atoms with Crippen molar-refractivity contribution >= 4 is 34.6 Å². The number of anilines is 3. The number of nitrogens with one attached hydrogen (secondary N) is 1. The van der Waals surface area contributed by atoms with Crippen LogP contribution in [-0.4, -0.2) is 12.5 Å². The minimum Gasteiger partial charge on any atom is -0.399 e. The van der Waals surface area contributed by atoms with E-state index < -0.39 is 5.91 Å². The van der Waals surface area contributed by atoms with E-state index in [0.717, 1.165) is 25.1 Å². The molecule has 0 radical (unpaired) electrons. The second kappa shape index (κ2) is 7.29. The Kier molecular flexibility index (Phi) is 4.92. The number of rotatable bonds is 3. The smallest absolute Gasteiger partial charge is 0.267 e. The fraction of sp³-hybridized carbons (Fsp3) is 0.158. The van der Waals surface area contributed by atoms with Crippen LogP contribution in [-0.2, 0) is 11.2 Å². The van der Waals surface area contributed by atoms with Gasteiger partial charge in [0.2, 0.25) is 0 Å². The van der Waals surface area contributed by atoms with E-state index in [-0.39, 0.29) is 5.57 Å². The predicted molar refractivity (Wildman–Crippen MR) is 100 cm³/mol. The maximum absolute atomic E-state index is 12.4. The maximum Gasteiger partial charge on any atom is 0.267 e. The monoisotopic (exact) mass is 352 g/mol. The van der Waals surface area contributed by atoms with Crippen LogP contribution in [0.3, 0.4) is 0 Å². The van der Waals surface area contributed by atoms with E-state index in [0.29, 0.717) is 16.4 Å². The molecule has 0 spiro atoms. The number of hydrogen-bond acceptors (Lipinski definition) is 4. The third kappa shape index (κ3) is 3.76. The highest BCUT2D eigenvalue weighted by Crippen LogP contribution is 2.28. The molecular formula is C19H17ClN4O. The van der Waals surface area contributed by atoms with Crippen LogP contribution in [0, 0.1) is 11.3 Å². The van der Waals surface area contributed by atoms with Gasteiger partial charge in [-0.05, 0) is 42.7 Å². The van der Waals surface area contributed by atoms with Gasteiger partial charge in [0.05, 0.1) is 10.7 Å². The first-order chi connectivity index (χ1) is 12.1. The molecule has 6 heteroatoms. The lowest BCUT2D eigenvalue weighted by Crippen LogP contribution is -2.26. The van der Waals surface area contributed by atoms with Crippen molar-refractivity contribution in [1.82, 2.24) is 0 Å². The summed E-state index contributed by atoms with van der Waals surface area (Å²) in [5.41, 5.74) is 8.83. The summed E-state index contributed by atoms with van der Waals surface area (Å²) in [6.07, 6.45) is 3.56. The van der Waals surface area contributed by atoms with Gasteiger partial charge in [0, 0.05) is 24.1 Å². The van der Waals surface area contributed by atoms with E-state index in [1.807, 2.05) is 29.2 Å². The lowest BCUT2D eigenvalue weighted by Gasteiger charge is -2.28. The van der Waals surface area contributed by atoms with Crippen molar-refractivity contribution in [2.45, 2.75) is 12.8 Å². The van der Waals surface area contributed by atoms with Gasteiger partial charge in [0.15, 0.2) is 0 Å². The molecule has 0 saturated carbocycles. The number of carbonyl (C=O) groups is 1. The Balaban J connectivity index is 1.84. The molecule has 0 aliphatic carbocycles. The molecule has 1 heterocycles. The third-order valence-corrected chi connectivity index (χ3v) is 4.35. The van der Waals surface area contributed by atoms with Gasteiger partial charge in [-0.15, -0.1) is 0 Å². The number of nitrogens with zero attached hydrogens (tertiary/aromatic N) is 2. The Morgan fingerprint density at radius 3 is 2.88 bits per heavy atom. The molecule has 25 heavy (non-hydrogen) atoms. The molecule has 0 saturated heterocycles. The number of nitrogen functional groups attached to an aromatic ring is 1. The minimum absolute atomic E-state index is 0.0181. The summed E-state index contributed by atoms with van der Waals surface area (Å²) in [5, 5.41) is 12.4. The van der Waals surface area contributed by atoms with Crippen molar-refractivity contribution in [2.75, 3.05) is 22.5 Å². The van der Waals surface area contributed by atoms with Crippen molar-refractivity contribution in [3.8, 4) is 6.07 Å². The van der Waals surface area contributed by atoms with E-state index in [2.05, 4.69) is 11.4 Å². The van der Waals surface area contributed by atoms with Gasteiger partial charge in [-0.3, -0.25) is 4.79 Å². The van der Waals surface area contributed by atoms with Gasteiger partial charge in [0.1, 0.15) is 11.6 Å². The average molecular weight is 353 g/mol. The fourth-order valence-corrected chi connectivity index (χ4v) is 3.05. The SMILES string of the molecule is N#C/C(=C/N1CCCc2ccccc21)C(=O)Nc1ccc(N)cc1Cl. The van der Waals surface area contributed by atoms with Crippen molar-refractivity contribution in [2.24, 2.45) is 0 Å². The van der Waals surface area contributed by atoms with E-state index in [9.17, 15) is 10.1 Å². The van der Waals surface area contributed by atoms with E-state index in [4.69, 9.17) is 17.3 Å². The Bertz CT molecular complexity index is 885. The highest BCUT2D eigenvalue weighted by atomic mass is 35.5. The molecule has 0 atom stereocenters. The van der Waals surface area contributed by atoms with Gasteiger partial charge in [0.25, 0.3) is 5.91 Å². The quantitative estimate of drug-likeness (QED) is 0.501. The molecule has 1 aliphatic rings. The molecule has 5 nitrogen and oxygen atoms in total. The zero-order valence-electron chi connectivity index (χ0n) is 13.5. The number of fused-ring (bicyclic) bond motifs is 1. The Morgan fingerprint density at radius 2 is 2.12 bits per heavy atom. The van der Waals surface area contributed by atoms with Crippen LogP contribution < -0.4 is 16.0 Å². The Hall–Kier alpha value is -2.97. The number of hydrogen-bond donors (Lipinski definition) is 2. The second-order valence-electron chi connectivity index (χ2n) is 5.77. The Morgan fingerprint density at radius 1 is 1.32 bits per heavy atom. The van der Waals surface area contributed by atoms with Gasteiger partial charge in [-0.25, -0.2) is 0 Å². The van der Waals surface area contributed by atoms with Crippen molar-refractivity contribution < 1.29 is 4.79 Å². The number of benzene rings is 2. The first-order valence-corrected chi connectivity index (χ1v) is 8.29. The summed E-state index contributed by atoms with van der Waals surface area (Å²) in [7, 11) is 0. The van der Waals surface area contributed by atoms with E-state index in [1.165, 1.54) is 5.56 Å². The molecule has 1 amide bonds. The van der Waals surface area contributed by atoms with Gasteiger partial charge < -0.3 is 16.0 Å². The molecule has 3 rings (SSSR count). The third-order valence-electron chi connectivity index (χ3n) is 4.04. The summed E-state index contributed by atoms with van der Waals surface area (Å²) in [6, 6.07) is 14.8. The molecule has 0 bridgehead atoms. The zero-order valence-corrected chi connectivity index (χ0v) is 14.3.